The molecule has 8 nitrogen and oxygen atoms in total. The highest BCUT2D eigenvalue weighted by Crippen LogP contribution is 2.26. The molecule has 21 heavy (non-hydrogen) atoms. The van der Waals surface area contributed by atoms with Gasteiger partial charge >= 0.3 is 11.9 Å². The summed E-state index contributed by atoms with van der Waals surface area (Å²) in [7, 11) is 0. The van der Waals surface area contributed by atoms with Gasteiger partial charge in [0.15, 0.2) is 0 Å². The Morgan fingerprint density at radius 2 is 1.52 bits per heavy atom. The first-order chi connectivity index (χ1) is 9.88. The maximum atomic E-state index is 11.0. The summed E-state index contributed by atoms with van der Waals surface area (Å²) in [6, 6.07) is 5.34. The number of carboxylic acid groups (broad SMARTS) is 2. The van der Waals surface area contributed by atoms with Crippen molar-refractivity contribution in [1.29, 1.82) is 0 Å². The van der Waals surface area contributed by atoms with E-state index < -0.39 is 16.9 Å². The van der Waals surface area contributed by atoms with Crippen LogP contribution in [0.2, 0.25) is 0 Å². The molecule has 2 rings (SSSR count). The van der Waals surface area contributed by atoms with Gasteiger partial charge in [-0.1, -0.05) is 0 Å². The Kier molecular flexibility index (Phi) is 3.70. The molecule has 0 fully saturated rings. The van der Waals surface area contributed by atoms with Gasteiger partial charge in [0.2, 0.25) is 0 Å². The van der Waals surface area contributed by atoms with Crippen LogP contribution in [0.4, 0.5) is 11.4 Å². The van der Waals surface area contributed by atoms with Gasteiger partial charge in [-0.05, 0) is 12.1 Å². The Morgan fingerprint density at radius 3 is 1.90 bits per heavy atom. The highest BCUT2D eigenvalue weighted by Gasteiger charge is 2.22. The molecule has 0 aromatic heterocycles. The van der Waals surface area contributed by atoms with E-state index in [9.17, 15) is 19.7 Å². The van der Waals surface area contributed by atoms with Crippen molar-refractivity contribution >= 4 is 23.3 Å². The van der Waals surface area contributed by atoms with E-state index >= 15 is 0 Å². The van der Waals surface area contributed by atoms with Crippen molar-refractivity contribution in [3.05, 3.63) is 57.9 Å². The Bertz CT molecular complexity index is 644. The Hall–Kier alpha value is -3.16. The lowest BCUT2D eigenvalue weighted by Gasteiger charge is -2.22. The van der Waals surface area contributed by atoms with Gasteiger partial charge in [0.1, 0.15) is 0 Å². The van der Waals surface area contributed by atoms with Gasteiger partial charge in [0, 0.05) is 36.6 Å². The molecule has 0 unspecified atom stereocenters. The molecule has 0 amide bonds. The molecule has 2 N–H and O–H groups in total. The van der Waals surface area contributed by atoms with Gasteiger partial charge in [-0.2, -0.15) is 0 Å². The molecule has 108 valence electrons. The summed E-state index contributed by atoms with van der Waals surface area (Å²) < 4.78 is 0. The average molecular weight is 290 g/mol. The largest absolute Gasteiger partial charge is 0.478 e. The average Bonchev–Trinajstić information content (AvgIpc) is 2.46. The molecule has 0 saturated carbocycles. The zero-order valence-electron chi connectivity index (χ0n) is 10.6. The molecule has 1 aromatic carbocycles. The first kappa shape index (κ1) is 14.3. The van der Waals surface area contributed by atoms with Crippen molar-refractivity contribution in [1.82, 2.24) is 0 Å². The lowest BCUT2D eigenvalue weighted by Crippen LogP contribution is -2.20. The van der Waals surface area contributed by atoms with Crippen LogP contribution in [0.3, 0.4) is 0 Å². The zero-order chi connectivity index (χ0) is 15.6. The zero-order valence-corrected chi connectivity index (χ0v) is 10.6. The number of anilines is 1. The van der Waals surface area contributed by atoms with E-state index in [0.717, 1.165) is 0 Å². The van der Waals surface area contributed by atoms with Crippen LogP contribution in [0.25, 0.3) is 0 Å². The number of nitrogens with zero attached hydrogens (tertiary/aromatic N) is 2. The van der Waals surface area contributed by atoms with Gasteiger partial charge in [0.25, 0.3) is 5.69 Å². The summed E-state index contributed by atoms with van der Waals surface area (Å²) in [4.78, 5) is 33.4. The van der Waals surface area contributed by atoms with E-state index in [1.54, 1.807) is 0 Å². The van der Waals surface area contributed by atoms with Crippen molar-refractivity contribution in [2.24, 2.45) is 0 Å². The minimum Gasteiger partial charge on any atom is -0.478 e. The minimum atomic E-state index is -1.21. The Balaban J connectivity index is 2.39. The Labute approximate surface area is 118 Å². The summed E-state index contributed by atoms with van der Waals surface area (Å²) in [6.07, 6.45) is 2.39. The monoisotopic (exact) mass is 290 g/mol. The smallest absolute Gasteiger partial charge is 0.333 e. The third-order valence-corrected chi connectivity index (χ3v) is 2.88. The minimum absolute atomic E-state index is 0.0757. The summed E-state index contributed by atoms with van der Waals surface area (Å²) in [6.45, 7) is 0. The number of hydrogen-bond donors (Lipinski definition) is 2. The maximum Gasteiger partial charge on any atom is 0.333 e. The van der Waals surface area contributed by atoms with E-state index in [4.69, 9.17) is 10.2 Å². The van der Waals surface area contributed by atoms with Crippen LogP contribution < -0.4 is 4.90 Å². The van der Waals surface area contributed by atoms with Gasteiger partial charge < -0.3 is 15.1 Å². The molecule has 0 aliphatic carbocycles. The van der Waals surface area contributed by atoms with E-state index in [-0.39, 0.29) is 23.3 Å². The van der Waals surface area contributed by atoms with Crippen LogP contribution in [0.15, 0.2) is 47.8 Å². The van der Waals surface area contributed by atoms with Crippen molar-refractivity contribution < 1.29 is 24.7 Å². The number of nitro benzene ring substituents is 1. The fourth-order valence-corrected chi connectivity index (χ4v) is 1.83. The summed E-state index contributed by atoms with van der Waals surface area (Å²) in [5.74, 6) is -2.43. The number of hydrogen-bond acceptors (Lipinski definition) is 5. The van der Waals surface area contributed by atoms with Crippen LogP contribution in [0.1, 0.15) is 6.42 Å². The van der Waals surface area contributed by atoms with Crippen LogP contribution in [0, 0.1) is 10.1 Å². The normalized spacial score (nSPS) is 14.2. The molecule has 0 saturated heterocycles. The number of non-ortho nitro benzene ring substituents is 1. The molecule has 1 aliphatic rings. The lowest BCUT2D eigenvalue weighted by atomic mass is 10.0. The second-order valence-corrected chi connectivity index (χ2v) is 4.28. The molecule has 1 aromatic rings. The van der Waals surface area contributed by atoms with Crippen molar-refractivity contribution in [2.45, 2.75) is 6.42 Å². The van der Waals surface area contributed by atoms with Gasteiger partial charge in [-0.25, -0.2) is 9.59 Å². The van der Waals surface area contributed by atoms with Gasteiger partial charge in [-0.3, -0.25) is 10.1 Å². The molecule has 1 heterocycles. The molecular weight excluding hydrogens is 280 g/mol. The summed E-state index contributed by atoms with van der Waals surface area (Å²) in [5.41, 5.74) is 0.167. The predicted molar refractivity (Wildman–Crippen MR) is 71.6 cm³/mol. The highest BCUT2D eigenvalue weighted by molar-refractivity contribution is 5.95. The van der Waals surface area contributed by atoms with Crippen LogP contribution in [0.5, 0.6) is 0 Å². The second-order valence-electron chi connectivity index (χ2n) is 4.28. The summed E-state index contributed by atoms with van der Waals surface area (Å²) in [5, 5.41) is 28.6. The number of aliphatic carboxylic acids is 2. The Morgan fingerprint density at radius 1 is 1.05 bits per heavy atom. The number of benzene rings is 1. The molecule has 0 bridgehead atoms. The summed E-state index contributed by atoms with van der Waals surface area (Å²) >= 11 is 0. The number of nitro groups is 1. The fourth-order valence-electron chi connectivity index (χ4n) is 1.83. The quantitative estimate of drug-likeness (QED) is 0.639. The standard InChI is InChI=1S/C13H10N2O6/c16-12(17)8-5-9(13(18)19)7-14(6-8)10-1-3-11(4-2-10)15(20)21/h1-4,6-7H,5H2,(H,16,17)(H,18,19). The van der Waals surface area contributed by atoms with E-state index in [1.165, 1.54) is 41.6 Å². The molecular formula is C13H10N2O6. The van der Waals surface area contributed by atoms with Crippen molar-refractivity contribution in [3.8, 4) is 0 Å². The molecule has 8 heteroatoms. The predicted octanol–water partition coefficient (Wildman–Crippen LogP) is 1.74. The first-order valence-electron chi connectivity index (χ1n) is 5.79. The SMILES string of the molecule is O=C(O)C1=CN(c2ccc([N+](=O)[O-])cc2)C=C(C(=O)O)C1. The van der Waals surface area contributed by atoms with Crippen LogP contribution in [-0.4, -0.2) is 27.1 Å². The van der Waals surface area contributed by atoms with Crippen molar-refractivity contribution in [2.75, 3.05) is 4.90 Å². The lowest BCUT2D eigenvalue weighted by molar-refractivity contribution is -0.384. The third kappa shape index (κ3) is 3.06. The number of rotatable bonds is 4. The number of carbonyl (C=O) groups is 2. The van der Waals surface area contributed by atoms with E-state index in [1.807, 2.05) is 0 Å². The molecule has 1 aliphatic heterocycles. The van der Waals surface area contributed by atoms with Crippen LogP contribution >= 0.6 is 0 Å². The van der Waals surface area contributed by atoms with Crippen LogP contribution in [-0.2, 0) is 9.59 Å². The van der Waals surface area contributed by atoms with Gasteiger partial charge in [0.05, 0.1) is 16.1 Å². The van der Waals surface area contributed by atoms with E-state index in [2.05, 4.69) is 0 Å². The third-order valence-electron chi connectivity index (χ3n) is 2.88. The number of carboxylic acids is 2. The highest BCUT2D eigenvalue weighted by atomic mass is 16.6. The molecule has 0 atom stereocenters. The molecule has 0 radical (unpaired) electrons. The molecule has 0 spiro atoms. The van der Waals surface area contributed by atoms with Crippen molar-refractivity contribution in [3.63, 3.8) is 0 Å². The fraction of sp³-hybridized carbons (Fsp3) is 0.0769. The maximum absolute atomic E-state index is 11.0. The second kappa shape index (κ2) is 5.45. The first-order valence-corrected chi connectivity index (χ1v) is 5.79. The van der Waals surface area contributed by atoms with E-state index in [0.29, 0.717) is 5.69 Å². The topological polar surface area (TPSA) is 121 Å². The van der Waals surface area contributed by atoms with Gasteiger partial charge in [-0.15, -0.1) is 0 Å².